The molecule has 3 fully saturated rings. The van der Waals surface area contributed by atoms with Crippen LogP contribution < -0.4 is 0 Å². The molecule has 0 saturated heterocycles. The van der Waals surface area contributed by atoms with Gasteiger partial charge in [0.25, 0.3) is 0 Å². The van der Waals surface area contributed by atoms with E-state index in [9.17, 15) is 15.1 Å². The van der Waals surface area contributed by atoms with Crippen LogP contribution in [0.2, 0.25) is 0 Å². The molecule has 7 heteroatoms. The van der Waals surface area contributed by atoms with Gasteiger partial charge in [0.05, 0.1) is 6.20 Å². The summed E-state index contributed by atoms with van der Waals surface area (Å²) in [5.74, 6) is 1.45. The molecule has 0 unspecified atom stereocenters. The third kappa shape index (κ3) is 2.87. The van der Waals surface area contributed by atoms with Gasteiger partial charge in [0, 0.05) is 27.2 Å². The van der Waals surface area contributed by atoms with E-state index in [0.29, 0.717) is 24.7 Å². The highest BCUT2D eigenvalue weighted by molar-refractivity contribution is 5.96. The number of rotatable bonds is 1. The second-order valence-corrected chi connectivity index (χ2v) is 14.8. The average molecular weight is 519 g/mol. The lowest BCUT2D eigenvalue weighted by molar-refractivity contribution is -0.182. The third-order valence-corrected chi connectivity index (χ3v) is 13.3. The molecule has 3 saturated carbocycles. The van der Waals surface area contributed by atoms with Crippen molar-refractivity contribution in [3.63, 3.8) is 0 Å². The zero-order valence-electron chi connectivity index (χ0n) is 24.0. The normalized spacial score (nSPS) is 46.8. The number of aromatic nitrogens is 1. The van der Waals surface area contributed by atoms with Crippen molar-refractivity contribution in [1.82, 2.24) is 5.16 Å². The van der Waals surface area contributed by atoms with Crippen molar-refractivity contribution in [2.24, 2.45) is 56.4 Å². The zero-order valence-corrected chi connectivity index (χ0v) is 24.0. The molecule has 7 nitrogen and oxygen atoms in total. The van der Waals surface area contributed by atoms with Crippen LogP contribution >= 0.6 is 0 Å². The largest absolute Gasteiger partial charge is 0.361 e. The van der Waals surface area contributed by atoms with Gasteiger partial charge >= 0.3 is 0 Å². The first-order valence-corrected chi connectivity index (χ1v) is 14.6. The highest BCUT2D eigenvalue weighted by Crippen LogP contribution is 2.74. The van der Waals surface area contributed by atoms with E-state index in [4.69, 9.17) is 4.52 Å². The summed E-state index contributed by atoms with van der Waals surface area (Å²) in [6.45, 7) is 16.2. The van der Waals surface area contributed by atoms with E-state index < -0.39 is 5.41 Å². The number of hydrogen-bond donors (Lipinski definition) is 0. The molecule has 38 heavy (non-hydrogen) atoms. The lowest BCUT2D eigenvalue weighted by atomic mass is 9.33. The van der Waals surface area contributed by atoms with Crippen LogP contribution in [-0.2, 0) is 21.4 Å². The average Bonchev–Trinajstić information content (AvgIpc) is 3.32. The smallest absolute Gasteiger partial charge is 0.225 e. The van der Waals surface area contributed by atoms with E-state index >= 15 is 0 Å². The molecule has 5 aliphatic rings. The number of azide groups is 1. The maximum atomic E-state index is 14.5. The Morgan fingerprint density at radius 2 is 1.84 bits per heavy atom. The number of amides is 1. The Balaban J connectivity index is 1.52. The molecule has 0 aromatic carbocycles. The third-order valence-electron chi connectivity index (χ3n) is 13.3. The van der Waals surface area contributed by atoms with Crippen LogP contribution in [0.1, 0.15) is 98.3 Å². The van der Waals surface area contributed by atoms with Crippen molar-refractivity contribution >= 4 is 11.7 Å². The van der Waals surface area contributed by atoms with Gasteiger partial charge in [-0.2, -0.15) is 0 Å². The van der Waals surface area contributed by atoms with E-state index in [1.807, 2.05) is 12.3 Å². The van der Waals surface area contributed by atoms with Crippen LogP contribution in [0.15, 0.2) is 27.5 Å². The molecule has 6 rings (SSSR count). The second kappa shape index (κ2) is 7.84. The molecule has 0 spiro atoms. The first-order chi connectivity index (χ1) is 17.8. The maximum absolute atomic E-state index is 14.5. The first-order valence-electron chi connectivity index (χ1n) is 14.6. The van der Waals surface area contributed by atoms with Crippen LogP contribution in [0.3, 0.4) is 0 Å². The van der Waals surface area contributed by atoms with Crippen LogP contribution in [0.4, 0.5) is 0 Å². The van der Waals surface area contributed by atoms with Gasteiger partial charge < -0.3 is 4.52 Å². The molecule has 1 amide bonds. The number of ketones is 1. The summed E-state index contributed by atoms with van der Waals surface area (Å²) >= 11 is 0. The summed E-state index contributed by atoms with van der Waals surface area (Å²) in [4.78, 5) is 30.9. The molecule has 1 aromatic rings. The van der Waals surface area contributed by atoms with Crippen LogP contribution in [0.5, 0.6) is 0 Å². The molecule has 0 aliphatic heterocycles. The Morgan fingerprint density at radius 1 is 1.11 bits per heavy atom. The molecule has 204 valence electrons. The van der Waals surface area contributed by atoms with E-state index in [1.165, 1.54) is 5.57 Å². The van der Waals surface area contributed by atoms with E-state index in [2.05, 4.69) is 63.6 Å². The first kappa shape index (κ1) is 25.9. The summed E-state index contributed by atoms with van der Waals surface area (Å²) in [7, 11) is 0. The minimum atomic E-state index is -0.731. The molecule has 1 heterocycles. The van der Waals surface area contributed by atoms with Crippen molar-refractivity contribution in [3.8, 4) is 0 Å². The van der Waals surface area contributed by atoms with Crippen molar-refractivity contribution in [2.45, 2.75) is 98.8 Å². The van der Waals surface area contributed by atoms with Crippen molar-refractivity contribution in [2.75, 3.05) is 0 Å². The minimum Gasteiger partial charge on any atom is -0.361 e. The topological polar surface area (TPSA) is 109 Å². The summed E-state index contributed by atoms with van der Waals surface area (Å²) in [5.41, 5.74) is 10.2. The quantitative estimate of drug-likeness (QED) is 0.220. The fourth-order valence-corrected chi connectivity index (χ4v) is 11.0. The number of carbonyl (C=O) groups is 2. The fraction of sp³-hybridized carbons (Fsp3) is 0.774. The number of nitrogens with zero attached hydrogens (tertiary/aromatic N) is 4. The molecule has 1 aromatic heterocycles. The van der Waals surface area contributed by atoms with Crippen molar-refractivity contribution in [1.29, 1.82) is 0 Å². The van der Waals surface area contributed by atoms with E-state index in [-0.39, 0.29) is 51.1 Å². The standard InChI is InChI=1S/C31H42N4O3/c1-17-8-11-31(26(37)34-35-32)13-12-30(7)24(23(31)18(17)2)20(36)14-22-28(5)15-19-16-33-38-25(19)27(3,4)21(28)9-10-29(22,30)6/h14,16-18,21,23-24H,8-13,15H2,1-7H3/t17-,18+,21+,23+,24-,28+,29-,30-,31+/m1/s1. The van der Waals surface area contributed by atoms with Crippen LogP contribution in [0.25, 0.3) is 10.4 Å². The van der Waals surface area contributed by atoms with Crippen LogP contribution in [-0.4, -0.2) is 16.8 Å². The molecule has 9 atom stereocenters. The lowest BCUT2D eigenvalue weighted by Gasteiger charge is -2.69. The number of allylic oxidation sites excluding steroid dienone is 2. The number of carbonyl (C=O) groups excluding carboxylic acids is 2. The molecule has 5 aliphatic carbocycles. The highest BCUT2D eigenvalue weighted by atomic mass is 16.5. The van der Waals surface area contributed by atoms with E-state index in [1.54, 1.807) is 0 Å². The predicted octanol–water partition coefficient (Wildman–Crippen LogP) is 7.36. The number of fused-ring (bicyclic) bond motifs is 8. The molecular weight excluding hydrogens is 476 g/mol. The molecule has 0 N–H and O–H groups in total. The van der Waals surface area contributed by atoms with E-state index in [0.717, 1.165) is 43.4 Å². The van der Waals surface area contributed by atoms with Gasteiger partial charge in [0.15, 0.2) is 5.78 Å². The minimum absolute atomic E-state index is 0.108. The Morgan fingerprint density at radius 3 is 2.55 bits per heavy atom. The Bertz CT molecular complexity index is 1310. The SMILES string of the molecule is C[C@@H]1[C@H]2[C@H]3C(=O)C=C4[C@@]5(C)Cc6cnoc6C(C)(C)[C@@H]5CC[C@@]4(C)[C@]3(C)CC[C@@]2(C(=O)N=[N+]=[N-])CC[C@H]1C. The zero-order chi connectivity index (χ0) is 27.5. The van der Waals surface area contributed by atoms with Crippen molar-refractivity contribution < 1.29 is 14.1 Å². The summed E-state index contributed by atoms with van der Waals surface area (Å²) in [5, 5.41) is 7.84. The maximum Gasteiger partial charge on any atom is 0.225 e. The van der Waals surface area contributed by atoms with Crippen molar-refractivity contribution in [3.05, 3.63) is 39.6 Å². The van der Waals surface area contributed by atoms with Gasteiger partial charge in [-0.3, -0.25) is 9.59 Å². The van der Waals surface area contributed by atoms with Gasteiger partial charge in [-0.15, -0.1) is 0 Å². The Kier molecular flexibility index (Phi) is 5.33. The van der Waals surface area contributed by atoms with Gasteiger partial charge in [-0.05, 0) is 102 Å². The summed E-state index contributed by atoms with van der Waals surface area (Å²) in [6, 6.07) is 0. The van der Waals surface area contributed by atoms with Gasteiger partial charge in [0.1, 0.15) is 5.76 Å². The summed E-state index contributed by atoms with van der Waals surface area (Å²) < 4.78 is 5.78. The number of hydrogen-bond acceptors (Lipinski definition) is 4. The predicted molar refractivity (Wildman–Crippen MR) is 144 cm³/mol. The Hall–Kier alpha value is -2.40. The van der Waals surface area contributed by atoms with Gasteiger partial charge in [-0.1, -0.05) is 59.2 Å². The fourth-order valence-electron chi connectivity index (χ4n) is 11.0. The second-order valence-electron chi connectivity index (χ2n) is 14.8. The summed E-state index contributed by atoms with van der Waals surface area (Å²) in [6.07, 6.45) is 9.93. The Labute approximate surface area is 225 Å². The lowest BCUT2D eigenvalue weighted by Crippen LogP contribution is -2.66. The van der Waals surface area contributed by atoms with Gasteiger partial charge in [-0.25, -0.2) is 0 Å². The monoisotopic (exact) mass is 518 g/mol. The highest BCUT2D eigenvalue weighted by Gasteiger charge is 2.71. The van der Waals surface area contributed by atoms with Crippen LogP contribution in [0, 0.1) is 51.2 Å². The molecular formula is C31H42N4O3. The molecule has 0 bridgehead atoms. The molecule has 0 radical (unpaired) electrons. The van der Waals surface area contributed by atoms with Gasteiger partial charge in [0.2, 0.25) is 5.91 Å².